The van der Waals surface area contributed by atoms with Crippen molar-refractivity contribution < 1.29 is 9.13 Å². The van der Waals surface area contributed by atoms with Crippen molar-refractivity contribution in [3.05, 3.63) is 35.6 Å². The largest absolute Gasteiger partial charge is 0.376 e. The van der Waals surface area contributed by atoms with Crippen LogP contribution in [-0.4, -0.2) is 25.8 Å². The van der Waals surface area contributed by atoms with Crippen molar-refractivity contribution in [3.63, 3.8) is 0 Å². The van der Waals surface area contributed by atoms with E-state index in [1.54, 1.807) is 6.07 Å². The standard InChI is InChI=1S/C12H15FNO/c13-11-3-1-2-10(8-11)4-5-12-9-14-6-7-15-12/h2-3,8,12,14H,4-7,9H2. The van der Waals surface area contributed by atoms with Crippen molar-refractivity contribution >= 4 is 0 Å². The molecule has 1 atom stereocenters. The van der Waals surface area contributed by atoms with Crippen LogP contribution in [0.5, 0.6) is 0 Å². The van der Waals surface area contributed by atoms with Gasteiger partial charge in [0.2, 0.25) is 0 Å². The second-order valence-corrected chi connectivity index (χ2v) is 3.80. The van der Waals surface area contributed by atoms with E-state index in [4.69, 9.17) is 4.74 Å². The van der Waals surface area contributed by atoms with Gasteiger partial charge in [-0.15, -0.1) is 0 Å². The quantitative estimate of drug-likeness (QED) is 0.813. The molecule has 3 heteroatoms. The van der Waals surface area contributed by atoms with Crippen molar-refractivity contribution in [2.75, 3.05) is 19.7 Å². The minimum atomic E-state index is -0.213. The highest BCUT2D eigenvalue weighted by molar-refractivity contribution is 5.15. The van der Waals surface area contributed by atoms with Gasteiger partial charge in [-0.25, -0.2) is 4.39 Å². The molecule has 1 aromatic carbocycles. The molecular weight excluding hydrogens is 193 g/mol. The molecule has 1 aliphatic rings. The highest BCUT2D eigenvalue weighted by Crippen LogP contribution is 2.10. The van der Waals surface area contributed by atoms with E-state index in [0.29, 0.717) is 0 Å². The van der Waals surface area contributed by atoms with Gasteiger partial charge in [-0.3, -0.25) is 0 Å². The fraction of sp³-hybridized carbons (Fsp3) is 0.500. The fourth-order valence-corrected chi connectivity index (χ4v) is 1.77. The third-order valence-corrected chi connectivity index (χ3v) is 2.57. The molecule has 0 aliphatic carbocycles. The summed E-state index contributed by atoms with van der Waals surface area (Å²) in [5.41, 5.74) is 0.990. The van der Waals surface area contributed by atoms with Gasteiger partial charge in [0.15, 0.2) is 0 Å². The third kappa shape index (κ3) is 3.29. The highest BCUT2D eigenvalue weighted by atomic mass is 19.1. The smallest absolute Gasteiger partial charge is 0.124 e. The minimum absolute atomic E-state index is 0.213. The molecule has 1 aliphatic heterocycles. The van der Waals surface area contributed by atoms with Gasteiger partial charge in [0, 0.05) is 13.1 Å². The lowest BCUT2D eigenvalue weighted by Gasteiger charge is -2.23. The van der Waals surface area contributed by atoms with Crippen LogP contribution < -0.4 is 5.32 Å². The van der Waals surface area contributed by atoms with E-state index in [2.05, 4.69) is 11.4 Å². The van der Waals surface area contributed by atoms with Crippen LogP contribution in [0.2, 0.25) is 0 Å². The van der Waals surface area contributed by atoms with Crippen LogP contribution in [0.25, 0.3) is 0 Å². The maximum absolute atomic E-state index is 12.9. The van der Waals surface area contributed by atoms with Crippen LogP contribution >= 0.6 is 0 Å². The van der Waals surface area contributed by atoms with Gasteiger partial charge in [0.25, 0.3) is 0 Å². The molecule has 1 saturated heterocycles. The summed E-state index contributed by atoms with van der Waals surface area (Å²) >= 11 is 0. The van der Waals surface area contributed by atoms with E-state index >= 15 is 0 Å². The number of benzene rings is 1. The first kappa shape index (κ1) is 10.6. The lowest BCUT2D eigenvalue weighted by atomic mass is 10.1. The molecule has 0 spiro atoms. The summed E-state index contributed by atoms with van der Waals surface area (Å²) in [6.45, 7) is 2.61. The first-order valence-corrected chi connectivity index (χ1v) is 5.32. The summed E-state index contributed by atoms with van der Waals surface area (Å²) in [6, 6.07) is 7.53. The SMILES string of the molecule is Fc1c[c]cc(CCC2CNCCO2)c1. The Hall–Kier alpha value is -0.930. The van der Waals surface area contributed by atoms with Gasteiger partial charge in [-0.05, 0) is 36.6 Å². The molecular formula is C12H15FNO. The summed E-state index contributed by atoms with van der Waals surface area (Å²) in [7, 11) is 0. The summed E-state index contributed by atoms with van der Waals surface area (Å²) in [5, 5.41) is 3.28. The Kier molecular flexibility index (Phi) is 3.69. The molecule has 0 saturated carbocycles. The number of halogens is 1. The van der Waals surface area contributed by atoms with Crippen molar-refractivity contribution in [2.45, 2.75) is 18.9 Å². The topological polar surface area (TPSA) is 21.3 Å². The lowest BCUT2D eigenvalue weighted by Crippen LogP contribution is -2.38. The maximum Gasteiger partial charge on any atom is 0.124 e. The molecule has 1 radical (unpaired) electrons. The molecule has 2 rings (SSSR count). The monoisotopic (exact) mass is 208 g/mol. The zero-order chi connectivity index (χ0) is 10.5. The van der Waals surface area contributed by atoms with Crippen molar-refractivity contribution in [2.24, 2.45) is 0 Å². The first-order chi connectivity index (χ1) is 7.34. The predicted octanol–water partition coefficient (Wildman–Crippen LogP) is 1.55. The summed E-state index contributed by atoms with van der Waals surface area (Å²) in [6.07, 6.45) is 2.05. The summed E-state index contributed by atoms with van der Waals surface area (Å²) in [4.78, 5) is 0. The Morgan fingerprint density at radius 3 is 3.20 bits per heavy atom. The molecule has 1 N–H and O–H groups in total. The van der Waals surface area contributed by atoms with E-state index in [-0.39, 0.29) is 11.9 Å². The average molecular weight is 208 g/mol. The molecule has 15 heavy (non-hydrogen) atoms. The van der Waals surface area contributed by atoms with Gasteiger partial charge >= 0.3 is 0 Å². The van der Waals surface area contributed by atoms with E-state index in [1.807, 2.05) is 6.07 Å². The highest BCUT2D eigenvalue weighted by Gasteiger charge is 2.12. The van der Waals surface area contributed by atoms with Crippen LogP contribution in [0.15, 0.2) is 18.2 Å². The van der Waals surface area contributed by atoms with E-state index in [0.717, 1.165) is 38.1 Å². The number of nitrogens with one attached hydrogen (secondary N) is 1. The molecule has 2 nitrogen and oxygen atoms in total. The van der Waals surface area contributed by atoms with Gasteiger partial charge in [0.05, 0.1) is 12.7 Å². The molecule has 0 amide bonds. The lowest BCUT2D eigenvalue weighted by molar-refractivity contribution is 0.0238. The van der Waals surface area contributed by atoms with Gasteiger partial charge < -0.3 is 10.1 Å². The molecule has 1 aromatic rings. The minimum Gasteiger partial charge on any atom is -0.376 e. The molecule has 1 unspecified atom stereocenters. The number of rotatable bonds is 3. The second kappa shape index (κ2) is 5.24. The number of aryl methyl sites for hydroxylation is 1. The normalized spacial score (nSPS) is 21.5. The summed E-state index contributed by atoms with van der Waals surface area (Å²) < 4.78 is 18.4. The van der Waals surface area contributed by atoms with E-state index in [9.17, 15) is 4.39 Å². The zero-order valence-electron chi connectivity index (χ0n) is 8.63. The number of ether oxygens (including phenoxy) is 1. The van der Waals surface area contributed by atoms with Gasteiger partial charge in [-0.1, -0.05) is 6.07 Å². The van der Waals surface area contributed by atoms with Crippen molar-refractivity contribution in [1.82, 2.24) is 5.32 Å². The number of morpholine rings is 1. The summed E-state index contributed by atoms with van der Waals surface area (Å²) in [5.74, 6) is -0.213. The van der Waals surface area contributed by atoms with Crippen LogP contribution in [-0.2, 0) is 11.2 Å². The Balaban J connectivity index is 1.81. The van der Waals surface area contributed by atoms with Crippen molar-refractivity contribution in [3.8, 4) is 0 Å². The fourth-order valence-electron chi connectivity index (χ4n) is 1.77. The van der Waals surface area contributed by atoms with Gasteiger partial charge in [0.1, 0.15) is 5.82 Å². The molecule has 0 aromatic heterocycles. The van der Waals surface area contributed by atoms with E-state index < -0.39 is 0 Å². The Bertz CT molecular complexity index is 310. The van der Waals surface area contributed by atoms with Crippen LogP contribution in [0.3, 0.4) is 0 Å². The molecule has 1 heterocycles. The third-order valence-electron chi connectivity index (χ3n) is 2.57. The Labute approximate surface area is 89.4 Å². The number of hydrogen-bond acceptors (Lipinski definition) is 2. The molecule has 1 fully saturated rings. The maximum atomic E-state index is 12.9. The second-order valence-electron chi connectivity index (χ2n) is 3.80. The van der Waals surface area contributed by atoms with E-state index in [1.165, 1.54) is 6.07 Å². The van der Waals surface area contributed by atoms with Crippen LogP contribution in [0.4, 0.5) is 4.39 Å². The van der Waals surface area contributed by atoms with Crippen LogP contribution in [0.1, 0.15) is 12.0 Å². The average Bonchev–Trinajstić information content (AvgIpc) is 2.28. The molecule has 81 valence electrons. The zero-order valence-corrected chi connectivity index (χ0v) is 8.63. The molecule has 0 bridgehead atoms. The van der Waals surface area contributed by atoms with Crippen LogP contribution in [0, 0.1) is 11.9 Å². The Morgan fingerprint density at radius 2 is 2.47 bits per heavy atom. The first-order valence-electron chi connectivity index (χ1n) is 5.32. The van der Waals surface area contributed by atoms with Gasteiger partial charge in [-0.2, -0.15) is 0 Å². The predicted molar refractivity (Wildman–Crippen MR) is 56.2 cm³/mol. The Morgan fingerprint density at radius 1 is 1.53 bits per heavy atom. The van der Waals surface area contributed by atoms with Crippen molar-refractivity contribution in [1.29, 1.82) is 0 Å². The number of hydrogen-bond donors (Lipinski definition) is 1.